The fourth-order valence-electron chi connectivity index (χ4n) is 2.38. The normalized spacial score (nSPS) is 12.0. The van der Waals surface area contributed by atoms with E-state index in [-0.39, 0.29) is 12.5 Å². The average Bonchev–Trinajstić information content (AvgIpc) is 2.59. The summed E-state index contributed by atoms with van der Waals surface area (Å²) in [5.41, 5.74) is 2.27. The van der Waals surface area contributed by atoms with Crippen molar-refractivity contribution < 1.29 is 9.90 Å². The predicted octanol–water partition coefficient (Wildman–Crippen LogP) is 2.70. The van der Waals surface area contributed by atoms with E-state index in [2.05, 4.69) is 10.3 Å². The molecule has 0 aliphatic heterocycles. The zero-order chi connectivity index (χ0) is 15.4. The standard InChI is InChI=1S/C18H16N2O2/c21-12-17(13-5-2-1-3-6-13)20-18(22)15-8-9-16-14(11-15)7-4-10-19-16/h1-11,17,21H,12H2,(H,20,22). The van der Waals surface area contributed by atoms with Gasteiger partial charge in [0.2, 0.25) is 0 Å². The van der Waals surface area contributed by atoms with Crippen LogP contribution in [0.4, 0.5) is 0 Å². The second kappa shape index (κ2) is 6.37. The maximum atomic E-state index is 12.4. The quantitative estimate of drug-likeness (QED) is 0.777. The number of rotatable bonds is 4. The molecule has 22 heavy (non-hydrogen) atoms. The van der Waals surface area contributed by atoms with Crippen LogP contribution < -0.4 is 5.32 Å². The van der Waals surface area contributed by atoms with E-state index >= 15 is 0 Å². The Morgan fingerprint density at radius 1 is 1.09 bits per heavy atom. The number of carbonyl (C=O) groups excluding carboxylic acids is 1. The summed E-state index contributed by atoms with van der Waals surface area (Å²) < 4.78 is 0. The molecule has 0 saturated heterocycles. The molecular weight excluding hydrogens is 276 g/mol. The molecule has 3 rings (SSSR count). The summed E-state index contributed by atoms with van der Waals surface area (Å²) in [6.07, 6.45) is 1.72. The largest absolute Gasteiger partial charge is 0.394 e. The maximum absolute atomic E-state index is 12.4. The third-order valence-corrected chi connectivity index (χ3v) is 3.56. The molecule has 2 N–H and O–H groups in total. The molecule has 0 bridgehead atoms. The lowest BCUT2D eigenvalue weighted by atomic mass is 10.1. The minimum absolute atomic E-state index is 0.148. The van der Waals surface area contributed by atoms with Crippen molar-refractivity contribution in [1.82, 2.24) is 10.3 Å². The summed E-state index contributed by atoms with van der Waals surface area (Å²) in [5.74, 6) is -0.214. The minimum atomic E-state index is -0.418. The van der Waals surface area contributed by atoms with Gasteiger partial charge in [-0.3, -0.25) is 9.78 Å². The van der Waals surface area contributed by atoms with Crippen LogP contribution in [0.3, 0.4) is 0 Å². The van der Waals surface area contributed by atoms with Crippen molar-refractivity contribution in [3.8, 4) is 0 Å². The van der Waals surface area contributed by atoms with Gasteiger partial charge in [-0.1, -0.05) is 36.4 Å². The Kier molecular flexibility index (Phi) is 4.12. The van der Waals surface area contributed by atoms with Crippen LogP contribution in [0.15, 0.2) is 66.9 Å². The average molecular weight is 292 g/mol. The third-order valence-electron chi connectivity index (χ3n) is 3.56. The number of fused-ring (bicyclic) bond motifs is 1. The van der Waals surface area contributed by atoms with Crippen LogP contribution in [0, 0.1) is 0 Å². The highest BCUT2D eigenvalue weighted by atomic mass is 16.3. The van der Waals surface area contributed by atoms with Gasteiger partial charge in [-0.05, 0) is 29.8 Å². The molecule has 0 fully saturated rings. The van der Waals surface area contributed by atoms with Gasteiger partial charge in [-0.25, -0.2) is 0 Å². The first-order valence-electron chi connectivity index (χ1n) is 7.09. The van der Waals surface area contributed by atoms with Crippen molar-refractivity contribution in [1.29, 1.82) is 0 Å². The lowest BCUT2D eigenvalue weighted by molar-refractivity contribution is 0.0916. The first kappa shape index (κ1) is 14.2. The number of amides is 1. The summed E-state index contributed by atoms with van der Waals surface area (Å²) in [6.45, 7) is -0.148. The molecule has 0 aliphatic rings. The van der Waals surface area contributed by atoms with Gasteiger partial charge in [0, 0.05) is 17.1 Å². The van der Waals surface area contributed by atoms with E-state index in [9.17, 15) is 9.90 Å². The summed E-state index contributed by atoms with van der Waals surface area (Å²) in [5, 5.41) is 13.3. The molecule has 0 spiro atoms. The Balaban J connectivity index is 1.83. The highest BCUT2D eigenvalue weighted by Gasteiger charge is 2.15. The molecule has 4 nitrogen and oxygen atoms in total. The van der Waals surface area contributed by atoms with Crippen LogP contribution in [0.1, 0.15) is 22.0 Å². The first-order chi connectivity index (χ1) is 10.8. The second-order valence-electron chi connectivity index (χ2n) is 5.03. The number of hydrogen-bond donors (Lipinski definition) is 2. The molecule has 4 heteroatoms. The zero-order valence-electron chi connectivity index (χ0n) is 11.9. The van der Waals surface area contributed by atoms with E-state index in [1.54, 1.807) is 18.3 Å². The highest BCUT2D eigenvalue weighted by Crippen LogP contribution is 2.16. The molecule has 110 valence electrons. The molecule has 1 aromatic heterocycles. The highest BCUT2D eigenvalue weighted by molar-refractivity contribution is 5.98. The van der Waals surface area contributed by atoms with Crippen LogP contribution in [0.5, 0.6) is 0 Å². The van der Waals surface area contributed by atoms with Crippen molar-refractivity contribution in [2.24, 2.45) is 0 Å². The van der Waals surface area contributed by atoms with Crippen molar-refractivity contribution in [2.45, 2.75) is 6.04 Å². The van der Waals surface area contributed by atoms with Crippen LogP contribution in [-0.4, -0.2) is 22.6 Å². The van der Waals surface area contributed by atoms with E-state index in [0.29, 0.717) is 5.56 Å². The Labute approximate surface area is 128 Å². The fraction of sp³-hybridized carbons (Fsp3) is 0.111. The lowest BCUT2D eigenvalue weighted by Gasteiger charge is -2.16. The van der Waals surface area contributed by atoms with Crippen molar-refractivity contribution >= 4 is 16.8 Å². The number of aromatic nitrogens is 1. The van der Waals surface area contributed by atoms with E-state index < -0.39 is 6.04 Å². The Morgan fingerprint density at radius 2 is 1.91 bits per heavy atom. The number of hydrogen-bond acceptors (Lipinski definition) is 3. The van der Waals surface area contributed by atoms with Crippen LogP contribution >= 0.6 is 0 Å². The molecule has 1 amide bonds. The maximum Gasteiger partial charge on any atom is 0.251 e. The van der Waals surface area contributed by atoms with Gasteiger partial charge >= 0.3 is 0 Å². The van der Waals surface area contributed by atoms with Gasteiger partial charge in [0.15, 0.2) is 0 Å². The molecular formula is C18H16N2O2. The Bertz CT molecular complexity index is 787. The van der Waals surface area contributed by atoms with Crippen LogP contribution in [-0.2, 0) is 0 Å². The third kappa shape index (κ3) is 2.97. The minimum Gasteiger partial charge on any atom is -0.394 e. The Hall–Kier alpha value is -2.72. The van der Waals surface area contributed by atoms with Crippen LogP contribution in [0.25, 0.3) is 10.9 Å². The van der Waals surface area contributed by atoms with Gasteiger partial charge in [0.05, 0.1) is 18.2 Å². The van der Waals surface area contributed by atoms with Crippen molar-refractivity contribution in [2.75, 3.05) is 6.61 Å². The van der Waals surface area contributed by atoms with Gasteiger partial charge in [-0.2, -0.15) is 0 Å². The van der Waals surface area contributed by atoms with Crippen molar-refractivity contribution in [3.63, 3.8) is 0 Å². The molecule has 2 aromatic carbocycles. The van der Waals surface area contributed by atoms with E-state index in [1.807, 2.05) is 48.5 Å². The number of nitrogens with one attached hydrogen (secondary N) is 1. The topological polar surface area (TPSA) is 62.2 Å². The van der Waals surface area contributed by atoms with Crippen molar-refractivity contribution in [3.05, 3.63) is 78.0 Å². The summed E-state index contributed by atoms with van der Waals surface area (Å²) in [4.78, 5) is 16.6. The summed E-state index contributed by atoms with van der Waals surface area (Å²) in [6, 6.07) is 18.1. The van der Waals surface area contributed by atoms with Gasteiger partial charge in [-0.15, -0.1) is 0 Å². The van der Waals surface area contributed by atoms with E-state index in [0.717, 1.165) is 16.5 Å². The molecule has 0 radical (unpaired) electrons. The lowest BCUT2D eigenvalue weighted by Crippen LogP contribution is -2.30. The monoisotopic (exact) mass is 292 g/mol. The van der Waals surface area contributed by atoms with Gasteiger partial charge in [0.1, 0.15) is 0 Å². The number of nitrogens with zero attached hydrogens (tertiary/aromatic N) is 1. The fourth-order valence-corrected chi connectivity index (χ4v) is 2.38. The SMILES string of the molecule is O=C(NC(CO)c1ccccc1)c1ccc2ncccc2c1. The molecule has 3 aromatic rings. The van der Waals surface area contributed by atoms with Gasteiger partial charge < -0.3 is 10.4 Å². The van der Waals surface area contributed by atoms with E-state index in [4.69, 9.17) is 0 Å². The molecule has 1 atom stereocenters. The molecule has 0 saturated carbocycles. The molecule has 1 heterocycles. The number of carbonyl (C=O) groups is 1. The molecule has 1 unspecified atom stereocenters. The second-order valence-corrected chi connectivity index (χ2v) is 5.03. The number of benzene rings is 2. The van der Waals surface area contributed by atoms with Gasteiger partial charge in [0.25, 0.3) is 5.91 Å². The molecule has 0 aliphatic carbocycles. The number of aliphatic hydroxyl groups excluding tert-OH is 1. The zero-order valence-corrected chi connectivity index (χ0v) is 11.9. The number of aliphatic hydroxyl groups is 1. The summed E-state index contributed by atoms with van der Waals surface area (Å²) in [7, 11) is 0. The first-order valence-corrected chi connectivity index (χ1v) is 7.09. The predicted molar refractivity (Wildman–Crippen MR) is 85.5 cm³/mol. The van der Waals surface area contributed by atoms with E-state index in [1.165, 1.54) is 0 Å². The van der Waals surface area contributed by atoms with Crippen LogP contribution in [0.2, 0.25) is 0 Å². The summed E-state index contributed by atoms with van der Waals surface area (Å²) >= 11 is 0. The number of pyridine rings is 1. The Morgan fingerprint density at radius 3 is 2.68 bits per heavy atom. The smallest absolute Gasteiger partial charge is 0.251 e.